The molecule has 0 unspecified atom stereocenters. The Morgan fingerprint density at radius 3 is 2.39 bits per heavy atom. The molecular weight excluding hydrogens is 461 g/mol. The number of rotatable bonds is 4. The first kappa shape index (κ1) is 23.1. The van der Waals surface area contributed by atoms with Gasteiger partial charge in [0.25, 0.3) is 5.56 Å². The molecule has 0 saturated heterocycles. The summed E-state index contributed by atoms with van der Waals surface area (Å²) in [5.41, 5.74) is 0.810. The molecule has 0 aliphatic rings. The first-order valence-electron chi connectivity index (χ1n) is 10.3. The Hall–Kier alpha value is -3.03. The second-order valence-electron chi connectivity index (χ2n) is 8.76. The van der Waals surface area contributed by atoms with Crippen LogP contribution in [0.15, 0.2) is 64.3 Å². The summed E-state index contributed by atoms with van der Waals surface area (Å²) in [5.74, 6) is -0.637. The zero-order valence-corrected chi connectivity index (χ0v) is 20.2. The van der Waals surface area contributed by atoms with Gasteiger partial charge in [0.15, 0.2) is 5.82 Å². The number of hydrogen-bond donors (Lipinski definition) is 2. The molecule has 0 atom stereocenters. The quantitative estimate of drug-likeness (QED) is 0.343. The molecule has 170 valence electrons. The van der Waals surface area contributed by atoms with Crippen molar-refractivity contribution < 1.29 is 4.39 Å². The van der Waals surface area contributed by atoms with Crippen LogP contribution in [0.2, 0.25) is 5.02 Å². The van der Waals surface area contributed by atoms with Crippen molar-refractivity contribution in [2.45, 2.75) is 26.2 Å². The van der Waals surface area contributed by atoms with E-state index in [2.05, 4.69) is 9.71 Å². The maximum Gasteiger partial charge on any atom is 0.333 e. The van der Waals surface area contributed by atoms with Gasteiger partial charge in [0, 0.05) is 29.8 Å². The van der Waals surface area contributed by atoms with Crippen molar-refractivity contribution in [1.82, 2.24) is 9.55 Å². The molecule has 5 nitrogen and oxygen atoms in total. The molecule has 1 heterocycles. The highest BCUT2D eigenvalue weighted by Crippen LogP contribution is 2.42. The highest BCUT2D eigenvalue weighted by Gasteiger charge is 2.26. The lowest BCUT2D eigenvalue weighted by molar-refractivity contribution is 0.580. The van der Waals surface area contributed by atoms with Gasteiger partial charge in [-0.2, -0.15) is 0 Å². The summed E-state index contributed by atoms with van der Waals surface area (Å²) in [6.07, 6.45) is 3.22. The van der Waals surface area contributed by atoms with Crippen LogP contribution in [0.5, 0.6) is 0 Å². The number of aromatic amines is 1. The van der Waals surface area contributed by atoms with Gasteiger partial charge in [-0.15, -0.1) is 0 Å². The third-order valence-electron chi connectivity index (χ3n) is 5.42. The number of H-pyrrole nitrogens is 1. The molecule has 3 aromatic carbocycles. The molecule has 0 aliphatic heterocycles. The number of halogens is 2. The normalized spacial score (nSPS) is 11.7. The van der Waals surface area contributed by atoms with Crippen LogP contribution in [0.4, 0.5) is 10.1 Å². The first-order valence-corrected chi connectivity index (χ1v) is 11.9. The molecule has 0 saturated carbocycles. The van der Waals surface area contributed by atoms with Gasteiger partial charge in [0.05, 0.1) is 10.7 Å². The van der Waals surface area contributed by atoms with E-state index in [1.807, 2.05) is 63.4 Å². The second-order valence-corrected chi connectivity index (χ2v) is 9.75. The monoisotopic (exact) mass is 483 g/mol. The van der Waals surface area contributed by atoms with Crippen molar-refractivity contribution in [3.8, 4) is 16.8 Å². The minimum Gasteiger partial charge on any atom is -0.330 e. The van der Waals surface area contributed by atoms with Crippen LogP contribution in [0.25, 0.3) is 27.6 Å². The smallest absolute Gasteiger partial charge is 0.330 e. The summed E-state index contributed by atoms with van der Waals surface area (Å²) in [6, 6.07) is 14.3. The Morgan fingerprint density at radius 1 is 1.03 bits per heavy atom. The fraction of sp³-hybridized carbons (Fsp3) is 0.200. The third-order valence-corrected chi connectivity index (χ3v) is 6.25. The van der Waals surface area contributed by atoms with Crippen LogP contribution in [-0.2, 0) is 5.41 Å². The van der Waals surface area contributed by atoms with Gasteiger partial charge in [-0.3, -0.25) is 14.3 Å². The number of fused-ring (bicyclic) bond motifs is 1. The van der Waals surface area contributed by atoms with Crippen molar-refractivity contribution in [2.75, 3.05) is 11.0 Å². The average Bonchev–Trinajstić information content (AvgIpc) is 2.74. The van der Waals surface area contributed by atoms with Gasteiger partial charge in [-0.25, -0.2) is 9.18 Å². The van der Waals surface area contributed by atoms with E-state index in [4.69, 9.17) is 11.6 Å². The van der Waals surface area contributed by atoms with Crippen LogP contribution in [0.1, 0.15) is 26.3 Å². The van der Waals surface area contributed by atoms with E-state index >= 15 is 4.39 Å². The molecule has 4 rings (SSSR count). The lowest BCUT2D eigenvalue weighted by atomic mass is 9.84. The van der Waals surface area contributed by atoms with E-state index in [9.17, 15) is 9.59 Å². The summed E-state index contributed by atoms with van der Waals surface area (Å²) >= 11 is 8.28. The predicted octanol–water partition coefficient (Wildman–Crippen LogP) is 6.13. The first-order chi connectivity index (χ1) is 15.6. The van der Waals surface area contributed by atoms with E-state index in [1.54, 1.807) is 6.07 Å². The summed E-state index contributed by atoms with van der Waals surface area (Å²) in [6.45, 7) is 5.90. The average molecular weight is 484 g/mol. The molecule has 8 heteroatoms. The molecule has 0 spiro atoms. The molecule has 2 N–H and O–H groups in total. The van der Waals surface area contributed by atoms with E-state index in [1.165, 1.54) is 24.2 Å². The van der Waals surface area contributed by atoms with Crippen LogP contribution < -0.4 is 16.0 Å². The molecule has 0 fully saturated rings. The van der Waals surface area contributed by atoms with Gasteiger partial charge < -0.3 is 4.72 Å². The van der Waals surface area contributed by atoms with Crippen molar-refractivity contribution in [3.05, 3.63) is 92.0 Å². The van der Waals surface area contributed by atoms with Gasteiger partial charge in [0.1, 0.15) is 0 Å². The molecule has 0 amide bonds. The highest BCUT2D eigenvalue weighted by atomic mass is 35.5. The number of anilines is 1. The second kappa shape index (κ2) is 8.72. The Bertz CT molecular complexity index is 1490. The van der Waals surface area contributed by atoms with E-state index in [-0.39, 0.29) is 11.3 Å². The Morgan fingerprint density at radius 2 is 1.73 bits per heavy atom. The lowest BCUT2D eigenvalue weighted by Gasteiger charge is -2.25. The predicted molar refractivity (Wildman–Crippen MR) is 136 cm³/mol. The Balaban J connectivity index is 2.00. The highest BCUT2D eigenvalue weighted by molar-refractivity contribution is 7.99. The number of aromatic nitrogens is 2. The van der Waals surface area contributed by atoms with Crippen LogP contribution in [0.3, 0.4) is 0 Å². The lowest BCUT2D eigenvalue weighted by Crippen LogP contribution is -2.28. The van der Waals surface area contributed by atoms with Crippen LogP contribution >= 0.6 is 23.5 Å². The van der Waals surface area contributed by atoms with Crippen molar-refractivity contribution in [1.29, 1.82) is 0 Å². The number of benzene rings is 3. The van der Waals surface area contributed by atoms with Crippen LogP contribution in [0, 0.1) is 5.82 Å². The van der Waals surface area contributed by atoms with Gasteiger partial charge in [-0.05, 0) is 51.6 Å². The Kier molecular flexibility index (Phi) is 6.12. The van der Waals surface area contributed by atoms with Crippen molar-refractivity contribution in [3.63, 3.8) is 0 Å². The zero-order valence-electron chi connectivity index (χ0n) is 18.6. The fourth-order valence-electron chi connectivity index (χ4n) is 3.79. The maximum absolute atomic E-state index is 16.0. The van der Waals surface area contributed by atoms with Crippen molar-refractivity contribution >= 4 is 40.0 Å². The summed E-state index contributed by atoms with van der Waals surface area (Å²) in [5, 5.41) is 2.22. The Labute approximate surface area is 199 Å². The standard InChI is InChI=1S/C25H23ClFN3O2S/c1-25(2,3)18-13-19(30-10-9-20(31)28-24(30)32)23(27)21(22(18)26)16-6-5-15-12-17(29-33-4)8-7-14(15)11-16/h5-13,29H,1-4H3,(H,28,31,32). The van der Waals surface area contributed by atoms with E-state index in [0.29, 0.717) is 16.1 Å². The van der Waals surface area contributed by atoms with Gasteiger partial charge >= 0.3 is 5.69 Å². The molecule has 0 radical (unpaired) electrons. The molecule has 1 aromatic heterocycles. The molecule has 0 aliphatic carbocycles. The summed E-state index contributed by atoms with van der Waals surface area (Å²) in [4.78, 5) is 26.2. The molecular formula is C25H23ClFN3O2S. The van der Waals surface area contributed by atoms with Gasteiger partial charge in [-0.1, -0.05) is 62.5 Å². The minimum atomic E-state index is -0.720. The number of nitrogens with one attached hydrogen (secondary N) is 2. The summed E-state index contributed by atoms with van der Waals surface area (Å²) in [7, 11) is 0. The molecule has 0 bridgehead atoms. The van der Waals surface area contributed by atoms with Crippen molar-refractivity contribution in [2.24, 2.45) is 0 Å². The van der Waals surface area contributed by atoms with E-state index in [0.717, 1.165) is 21.0 Å². The largest absolute Gasteiger partial charge is 0.333 e. The fourth-order valence-corrected chi connectivity index (χ4v) is 4.68. The number of hydrogen-bond acceptors (Lipinski definition) is 4. The van der Waals surface area contributed by atoms with Crippen LogP contribution in [-0.4, -0.2) is 15.8 Å². The zero-order chi connectivity index (χ0) is 23.9. The topological polar surface area (TPSA) is 66.9 Å². The van der Waals surface area contributed by atoms with Gasteiger partial charge in [0.2, 0.25) is 0 Å². The summed E-state index contributed by atoms with van der Waals surface area (Å²) < 4.78 is 20.3. The SMILES string of the molecule is CSNc1ccc2cc(-c3c(F)c(-n4ccc(=O)[nH]c4=O)cc(C(C)(C)C)c3Cl)ccc2c1. The molecule has 4 aromatic rings. The van der Waals surface area contributed by atoms with E-state index < -0.39 is 22.5 Å². The minimum absolute atomic E-state index is 0.0280. The third kappa shape index (κ3) is 4.43. The maximum atomic E-state index is 16.0. The number of nitrogens with zero attached hydrogens (tertiary/aromatic N) is 1. The molecule has 33 heavy (non-hydrogen) atoms.